The summed E-state index contributed by atoms with van der Waals surface area (Å²) in [6, 6.07) is 23.8. The number of carbonyl (C=O) groups excluding carboxylic acids is 3. The Morgan fingerprint density at radius 1 is 0.667 bits per heavy atom. The predicted molar refractivity (Wildman–Crippen MR) is 220 cm³/mol. The van der Waals surface area contributed by atoms with E-state index in [1.165, 1.54) is 14.2 Å². The highest BCUT2D eigenvalue weighted by atomic mass is 16.6. The number of benzene rings is 2. The van der Waals surface area contributed by atoms with Gasteiger partial charge in [-0.15, -0.1) is 0 Å². The van der Waals surface area contributed by atoms with Crippen molar-refractivity contribution in [3.63, 3.8) is 0 Å². The van der Waals surface area contributed by atoms with Crippen LogP contribution in [0.25, 0.3) is 33.9 Å². The van der Waals surface area contributed by atoms with Crippen LogP contribution in [0.15, 0.2) is 110 Å². The molecule has 1 unspecified atom stereocenters. The lowest BCUT2D eigenvalue weighted by atomic mass is 10.0. The third kappa shape index (κ3) is 8.52. The number of pyridine rings is 2. The van der Waals surface area contributed by atoms with Crippen LogP contribution in [0.4, 0.5) is 4.79 Å². The first-order valence-corrected chi connectivity index (χ1v) is 19.9. The van der Waals surface area contributed by atoms with Gasteiger partial charge in [-0.2, -0.15) is 0 Å². The van der Waals surface area contributed by atoms with Gasteiger partial charge in [0.15, 0.2) is 0 Å². The molecule has 2 saturated heterocycles. The molecule has 3 amide bonds. The number of aliphatic hydroxyl groups is 1. The van der Waals surface area contributed by atoms with Crippen molar-refractivity contribution in [2.45, 2.75) is 56.3 Å². The van der Waals surface area contributed by atoms with E-state index in [9.17, 15) is 19.5 Å². The van der Waals surface area contributed by atoms with Crippen molar-refractivity contribution in [2.75, 3.05) is 27.3 Å². The van der Waals surface area contributed by atoms with E-state index in [4.69, 9.17) is 19.4 Å². The second-order valence-electron chi connectivity index (χ2n) is 14.7. The molecule has 0 radical (unpaired) electrons. The van der Waals surface area contributed by atoms with Gasteiger partial charge in [-0.1, -0.05) is 60.7 Å². The van der Waals surface area contributed by atoms with Gasteiger partial charge in [0, 0.05) is 43.7 Å². The number of imidazole rings is 2. The van der Waals surface area contributed by atoms with E-state index in [1.807, 2.05) is 72.8 Å². The fourth-order valence-corrected chi connectivity index (χ4v) is 7.95. The Labute approximate surface area is 346 Å². The second kappa shape index (κ2) is 18.0. The number of nitrogens with one attached hydrogen (secondary N) is 4. The van der Waals surface area contributed by atoms with Crippen molar-refractivity contribution in [3.05, 3.63) is 132 Å². The summed E-state index contributed by atoms with van der Waals surface area (Å²) in [7, 11) is 2.64. The molecular weight excluding hydrogens is 765 g/mol. The van der Waals surface area contributed by atoms with Gasteiger partial charge in [-0.25, -0.2) is 14.8 Å². The molecular formula is C44H46N10O6. The predicted octanol–water partition coefficient (Wildman–Crippen LogP) is 5.60. The SMILES string of the molecule is COC(=O)N[C@@H](C(=O)N1CCC[C@H]1c1ncc(-c2ccc(-c3ccc(-c4cnc([C@@H]5CCCN5C(=O)[C@H](NC(O)OC)c5ccccc5)[nH]4)cn3)nc2)[nH]1)c1ccccc1. The summed E-state index contributed by atoms with van der Waals surface area (Å²) >= 11 is 0. The van der Waals surface area contributed by atoms with Crippen LogP contribution < -0.4 is 10.6 Å². The van der Waals surface area contributed by atoms with Crippen molar-refractivity contribution in [1.82, 2.24) is 50.3 Å². The van der Waals surface area contributed by atoms with Crippen molar-refractivity contribution in [3.8, 4) is 33.9 Å². The van der Waals surface area contributed by atoms with Gasteiger partial charge in [0.2, 0.25) is 12.3 Å². The Balaban J connectivity index is 0.927. The lowest BCUT2D eigenvalue weighted by Crippen LogP contribution is -2.44. The lowest BCUT2D eigenvalue weighted by Gasteiger charge is -2.29. The van der Waals surface area contributed by atoms with E-state index in [2.05, 4.69) is 30.6 Å². The summed E-state index contributed by atoms with van der Waals surface area (Å²) < 4.78 is 9.83. The van der Waals surface area contributed by atoms with Crippen LogP contribution in [-0.4, -0.2) is 96.4 Å². The number of alkyl carbamates (subject to hydrolysis) is 1. The number of ether oxygens (including phenoxy) is 2. The number of hydrogen-bond donors (Lipinski definition) is 5. The second-order valence-corrected chi connectivity index (χ2v) is 14.7. The van der Waals surface area contributed by atoms with Gasteiger partial charge in [0.05, 0.1) is 54.4 Å². The van der Waals surface area contributed by atoms with Crippen molar-refractivity contribution in [2.24, 2.45) is 0 Å². The first kappa shape index (κ1) is 40.0. The van der Waals surface area contributed by atoms with Crippen LogP contribution in [0.1, 0.15) is 72.6 Å². The number of aromatic amines is 2. The minimum Gasteiger partial charge on any atom is -0.453 e. The summed E-state index contributed by atoms with van der Waals surface area (Å²) in [6.45, 7) is 1.09. The van der Waals surface area contributed by atoms with Gasteiger partial charge in [-0.05, 0) is 61.1 Å². The molecule has 0 bridgehead atoms. The molecule has 2 aromatic carbocycles. The summed E-state index contributed by atoms with van der Waals surface area (Å²) in [5, 5.41) is 15.8. The molecule has 0 spiro atoms. The number of nitrogens with zero attached hydrogens (tertiary/aromatic N) is 6. The standard InChI is InChI=1S/C44H46N10O6/c1-59-43(57)51-37(27-11-5-3-6-12-27)41(55)53-21-9-15-35(53)39-47-25-33(49-39)29-17-19-31(45-23-29)32-20-18-30(24-46-32)34-26-48-40(50-34)36-16-10-22-54(36)42(56)38(52-44(58)60-2)28-13-7-4-8-14-28/h3-8,11-14,17-20,23-26,35-38,43,51,57H,9-10,15-16,21-22H2,1-2H3,(H,47,49)(H,48,50)(H,52,58)/t35-,36-,37+,38+,43?/m0/s1. The third-order valence-corrected chi connectivity index (χ3v) is 11.0. The Morgan fingerprint density at radius 2 is 1.15 bits per heavy atom. The highest BCUT2D eigenvalue weighted by Crippen LogP contribution is 2.36. The quantitative estimate of drug-likeness (QED) is 0.0909. The van der Waals surface area contributed by atoms with Gasteiger partial charge in [0.25, 0.3) is 5.91 Å². The Hall–Kier alpha value is -6.75. The molecule has 6 aromatic rings. The maximum atomic E-state index is 13.9. The molecule has 5 N–H and O–H groups in total. The Morgan fingerprint density at radius 3 is 1.60 bits per heavy atom. The molecule has 308 valence electrons. The summed E-state index contributed by atoms with van der Waals surface area (Å²) in [5.41, 5.74) is 5.95. The number of carbonyl (C=O) groups is 3. The van der Waals surface area contributed by atoms with Crippen molar-refractivity contribution >= 4 is 17.9 Å². The van der Waals surface area contributed by atoms with Crippen LogP contribution in [0.3, 0.4) is 0 Å². The molecule has 2 aliphatic heterocycles. The maximum Gasteiger partial charge on any atom is 0.407 e. The zero-order chi connectivity index (χ0) is 41.6. The number of H-pyrrole nitrogens is 2. The van der Waals surface area contributed by atoms with E-state index < -0.39 is 24.6 Å². The summed E-state index contributed by atoms with van der Waals surface area (Å²) in [4.78, 5) is 69.1. The molecule has 0 saturated carbocycles. The lowest BCUT2D eigenvalue weighted by molar-refractivity contribution is -0.143. The van der Waals surface area contributed by atoms with Gasteiger partial charge in [0.1, 0.15) is 23.7 Å². The number of rotatable bonds is 13. The minimum atomic E-state index is -1.31. The van der Waals surface area contributed by atoms with E-state index in [1.54, 1.807) is 46.7 Å². The highest BCUT2D eigenvalue weighted by Gasteiger charge is 2.38. The molecule has 60 heavy (non-hydrogen) atoms. The minimum absolute atomic E-state index is 0.175. The number of aliphatic hydroxyl groups excluding tert-OH is 1. The first-order chi connectivity index (χ1) is 29.3. The number of amides is 3. The van der Waals surface area contributed by atoms with Crippen LogP contribution in [0, 0.1) is 0 Å². The summed E-state index contributed by atoms with van der Waals surface area (Å²) in [5.74, 6) is 0.929. The van der Waals surface area contributed by atoms with Crippen LogP contribution >= 0.6 is 0 Å². The molecule has 2 fully saturated rings. The average Bonchev–Trinajstić information content (AvgIpc) is 4.15. The molecule has 8 rings (SSSR count). The Bertz CT molecular complexity index is 2390. The number of methoxy groups -OCH3 is 2. The molecule has 6 heterocycles. The van der Waals surface area contributed by atoms with Crippen LogP contribution in [0.2, 0.25) is 0 Å². The molecule has 0 aliphatic carbocycles. The maximum absolute atomic E-state index is 13.9. The normalized spacial score (nSPS) is 17.9. The fraction of sp³-hybridized carbons (Fsp3) is 0.295. The monoisotopic (exact) mass is 810 g/mol. The van der Waals surface area contributed by atoms with E-state index in [-0.39, 0.29) is 23.9 Å². The highest BCUT2D eigenvalue weighted by molar-refractivity contribution is 5.87. The fourth-order valence-electron chi connectivity index (χ4n) is 7.95. The molecule has 2 aliphatic rings. The molecule has 4 aromatic heterocycles. The zero-order valence-corrected chi connectivity index (χ0v) is 33.2. The zero-order valence-electron chi connectivity index (χ0n) is 33.2. The van der Waals surface area contributed by atoms with E-state index in [0.717, 1.165) is 53.8 Å². The van der Waals surface area contributed by atoms with Crippen LogP contribution in [-0.2, 0) is 19.1 Å². The number of hydrogen-bond acceptors (Lipinski definition) is 11. The van der Waals surface area contributed by atoms with Crippen molar-refractivity contribution in [1.29, 1.82) is 0 Å². The first-order valence-electron chi connectivity index (χ1n) is 19.9. The van der Waals surface area contributed by atoms with E-state index >= 15 is 0 Å². The van der Waals surface area contributed by atoms with Crippen LogP contribution in [0.5, 0.6) is 0 Å². The molecule has 16 heteroatoms. The summed E-state index contributed by atoms with van der Waals surface area (Å²) in [6.07, 6.45) is 8.11. The Kier molecular flexibility index (Phi) is 12.0. The van der Waals surface area contributed by atoms with Crippen molar-refractivity contribution < 1.29 is 29.0 Å². The molecule has 5 atom stereocenters. The third-order valence-electron chi connectivity index (χ3n) is 11.0. The number of likely N-dealkylation sites (tertiary alicyclic amines) is 2. The van der Waals surface area contributed by atoms with E-state index in [0.29, 0.717) is 41.7 Å². The number of aromatic nitrogens is 6. The largest absolute Gasteiger partial charge is 0.453 e. The van der Waals surface area contributed by atoms with Gasteiger partial charge in [-0.3, -0.25) is 24.9 Å². The van der Waals surface area contributed by atoms with Gasteiger partial charge < -0.3 is 39.7 Å². The smallest absolute Gasteiger partial charge is 0.407 e. The average molecular weight is 811 g/mol. The molecule has 16 nitrogen and oxygen atoms in total. The van der Waals surface area contributed by atoms with Gasteiger partial charge >= 0.3 is 6.09 Å². The topological polar surface area (TPSA) is 204 Å².